The second-order valence-electron chi connectivity index (χ2n) is 5.74. The minimum absolute atomic E-state index is 0.0165. The third kappa shape index (κ3) is 3.21. The minimum atomic E-state index is -0.426. The number of nitriles is 1. The van der Waals surface area contributed by atoms with Crippen LogP contribution in [0.1, 0.15) is 10.7 Å². The van der Waals surface area contributed by atoms with E-state index in [-0.39, 0.29) is 5.69 Å². The van der Waals surface area contributed by atoms with E-state index in [1.807, 2.05) is 36.4 Å². The molecule has 7 heteroatoms. The van der Waals surface area contributed by atoms with Gasteiger partial charge in [0, 0.05) is 24.0 Å². The van der Waals surface area contributed by atoms with Gasteiger partial charge in [0.1, 0.15) is 11.1 Å². The van der Waals surface area contributed by atoms with E-state index >= 15 is 0 Å². The summed E-state index contributed by atoms with van der Waals surface area (Å²) < 4.78 is 2.82. The Morgan fingerprint density at radius 3 is 2.81 bits per heavy atom. The molecule has 4 aromatic rings. The van der Waals surface area contributed by atoms with E-state index in [0.29, 0.717) is 16.3 Å². The van der Waals surface area contributed by atoms with Gasteiger partial charge in [0.25, 0.3) is 5.69 Å². The van der Waals surface area contributed by atoms with Crippen molar-refractivity contribution in [2.75, 3.05) is 0 Å². The van der Waals surface area contributed by atoms with Gasteiger partial charge in [-0.05, 0) is 36.4 Å². The largest absolute Gasteiger partial charge is 0.317 e. The maximum atomic E-state index is 11.0. The lowest BCUT2D eigenvalue weighted by Gasteiger charge is -2.06. The van der Waals surface area contributed by atoms with Crippen molar-refractivity contribution in [3.05, 3.63) is 87.7 Å². The number of nitro groups is 1. The molecule has 0 aliphatic rings. The highest BCUT2D eigenvalue weighted by Gasteiger charge is 2.12. The fourth-order valence-corrected chi connectivity index (χ4v) is 3.71. The average molecular weight is 372 g/mol. The lowest BCUT2D eigenvalue weighted by molar-refractivity contribution is -0.384. The molecule has 0 N–H and O–H groups in total. The van der Waals surface area contributed by atoms with Gasteiger partial charge < -0.3 is 4.57 Å². The van der Waals surface area contributed by atoms with Crippen molar-refractivity contribution in [1.82, 2.24) is 9.55 Å². The molecular formula is C20H12N4O2S. The van der Waals surface area contributed by atoms with Crippen LogP contribution in [-0.4, -0.2) is 14.5 Å². The van der Waals surface area contributed by atoms with Crippen LogP contribution in [0, 0.1) is 21.4 Å². The van der Waals surface area contributed by atoms with Crippen LogP contribution in [-0.2, 0) is 0 Å². The molecule has 0 fully saturated rings. The Bertz CT molecular complexity index is 1200. The number of hydrogen-bond donors (Lipinski definition) is 0. The van der Waals surface area contributed by atoms with Gasteiger partial charge >= 0.3 is 0 Å². The first-order chi connectivity index (χ1) is 13.2. The zero-order valence-corrected chi connectivity index (χ0v) is 14.8. The summed E-state index contributed by atoms with van der Waals surface area (Å²) in [5.74, 6) is 0. The monoisotopic (exact) mass is 372 g/mol. The molecule has 0 bridgehead atoms. The summed E-state index contributed by atoms with van der Waals surface area (Å²) in [6, 6.07) is 20.0. The molecule has 0 atom stereocenters. The Balaban J connectivity index is 1.78. The summed E-state index contributed by atoms with van der Waals surface area (Å²) in [7, 11) is 0. The van der Waals surface area contributed by atoms with Gasteiger partial charge in [-0.25, -0.2) is 4.98 Å². The summed E-state index contributed by atoms with van der Waals surface area (Å²) in [5, 5.41) is 21.3. The van der Waals surface area contributed by atoms with Gasteiger partial charge in [0.15, 0.2) is 0 Å². The summed E-state index contributed by atoms with van der Waals surface area (Å²) in [6.45, 7) is 0. The predicted octanol–water partition coefficient (Wildman–Crippen LogP) is 5.06. The highest BCUT2D eigenvalue weighted by molar-refractivity contribution is 7.19. The van der Waals surface area contributed by atoms with Crippen LogP contribution < -0.4 is 0 Å². The molecule has 2 aromatic heterocycles. The molecule has 0 aliphatic heterocycles. The Hall–Kier alpha value is -3.76. The number of fused-ring (bicyclic) bond motifs is 1. The van der Waals surface area contributed by atoms with Crippen LogP contribution in [0.15, 0.2) is 66.9 Å². The average Bonchev–Trinajstić information content (AvgIpc) is 3.32. The van der Waals surface area contributed by atoms with Gasteiger partial charge in [-0.15, -0.1) is 11.3 Å². The lowest BCUT2D eigenvalue weighted by Crippen LogP contribution is -1.97. The summed E-state index contributed by atoms with van der Waals surface area (Å²) in [5.41, 5.74) is 2.71. The molecule has 0 radical (unpaired) electrons. The molecule has 27 heavy (non-hydrogen) atoms. The smallest absolute Gasteiger partial charge is 0.271 e. The Morgan fingerprint density at radius 1 is 1.19 bits per heavy atom. The number of hydrogen-bond acceptors (Lipinski definition) is 5. The van der Waals surface area contributed by atoms with E-state index in [9.17, 15) is 15.4 Å². The molecule has 2 aromatic carbocycles. The van der Waals surface area contributed by atoms with Crippen LogP contribution >= 0.6 is 11.3 Å². The number of para-hydroxylation sites is 1. The highest BCUT2D eigenvalue weighted by atomic mass is 32.1. The van der Waals surface area contributed by atoms with Crippen molar-refractivity contribution < 1.29 is 4.92 Å². The second kappa shape index (κ2) is 6.86. The van der Waals surface area contributed by atoms with Gasteiger partial charge in [-0.1, -0.05) is 18.2 Å². The minimum Gasteiger partial charge on any atom is -0.317 e. The molecule has 0 amide bonds. The van der Waals surface area contributed by atoms with Crippen LogP contribution in [0.2, 0.25) is 0 Å². The van der Waals surface area contributed by atoms with Crippen molar-refractivity contribution in [2.24, 2.45) is 0 Å². The molecule has 0 saturated heterocycles. The number of thiazole rings is 1. The van der Waals surface area contributed by atoms with Crippen molar-refractivity contribution in [3.63, 3.8) is 0 Å². The van der Waals surface area contributed by atoms with Crippen LogP contribution in [0.3, 0.4) is 0 Å². The molecule has 0 aliphatic carbocycles. The fraction of sp³-hybridized carbons (Fsp3) is 0. The maximum Gasteiger partial charge on any atom is 0.271 e. The first-order valence-electron chi connectivity index (χ1n) is 8.05. The van der Waals surface area contributed by atoms with Crippen LogP contribution in [0.4, 0.5) is 5.69 Å². The van der Waals surface area contributed by atoms with E-state index in [0.717, 1.165) is 15.9 Å². The van der Waals surface area contributed by atoms with E-state index < -0.39 is 4.92 Å². The van der Waals surface area contributed by atoms with E-state index in [2.05, 4.69) is 11.1 Å². The van der Waals surface area contributed by atoms with Crippen LogP contribution in [0.5, 0.6) is 0 Å². The number of nitrogens with zero attached hydrogens (tertiary/aromatic N) is 4. The molecule has 130 valence electrons. The van der Waals surface area contributed by atoms with Gasteiger partial charge in [-0.3, -0.25) is 10.1 Å². The standard InChI is InChI=1S/C20H12N4O2S/c21-13-14(20-22-18-8-1-2-9-19(18)27-20)11-15-7-4-10-23(15)16-5-3-6-17(12-16)24(25)26/h1-12H/b14-11-. The SMILES string of the molecule is N#C/C(=C/c1cccn1-c1cccc([N+](=O)[O-])c1)c1nc2ccccc2s1. The lowest BCUT2D eigenvalue weighted by atomic mass is 10.2. The number of non-ortho nitro benzene ring substituents is 1. The zero-order valence-electron chi connectivity index (χ0n) is 13.9. The normalized spacial score (nSPS) is 11.4. The van der Waals surface area contributed by atoms with Crippen molar-refractivity contribution in [1.29, 1.82) is 5.26 Å². The Morgan fingerprint density at radius 2 is 2.04 bits per heavy atom. The first-order valence-corrected chi connectivity index (χ1v) is 8.87. The Labute approximate surface area is 158 Å². The van der Waals surface area contributed by atoms with Crippen molar-refractivity contribution in [3.8, 4) is 11.8 Å². The fourth-order valence-electron chi connectivity index (χ4n) is 2.78. The summed E-state index contributed by atoms with van der Waals surface area (Å²) >= 11 is 1.46. The van der Waals surface area contributed by atoms with Gasteiger partial charge in [-0.2, -0.15) is 5.26 Å². The first kappa shape index (κ1) is 16.7. The zero-order chi connectivity index (χ0) is 18.8. The number of nitro benzene ring substituents is 1. The third-order valence-corrected chi connectivity index (χ3v) is 5.11. The molecule has 0 spiro atoms. The number of rotatable bonds is 4. The molecule has 0 saturated carbocycles. The molecule has 2 heterocycles. The van der Waals surface area contributed by atoms with E-state index in [1.165, 1.54) is 23.5 Å². The second-order valence-corrected chi connectivity index (χ2v) is 6.77. The number of aromatic nitrogens is 2. The van der Waals surface area contributed by atoms with Crippen LogP contribution in [0.25, 0.3) is 27.6 Å². The third-order valence-electron chi connectivity index (χ3n) is 4.04. The highest BCUT2D eigenvalue weighted by Crippen LogP contribution is 2.28. The molecular weight excluding hydrogens is 360 g/mol. The quantitative estimate of drug-likeness (QED) is 0.285. The maximum absolute atomic E-state index is 11.0. The predicted molar refractivity (Wildman–Crippen MR) is 106 cm³/mol. The molecule has 0 unspecified atom stereocenters. The van der Waals surface area contributed by atoms with Crippen molar-refractivity contribution >= 4 is 38.9 Å². The van der Waals surface area contributed by atoms with E-state index in [1.54, 1.807) is 29.0 Å². The summed E-state index contributed by atoms with van der Waals surface area (Å²) in [6.07, 6.45) is 3.55. The van der Waals surface area contributed by atoms with Gasteiger partial charge in [0.05, 0.1) is 26.4 Å². The summed E-state index contributed by atoms with van der Waals surface area (Å²) in [4.78, 5) is 15.1. The van der Waals surface area contributed by atoms with E-state index in [4.69, 9.17) is 0 Å². The molecule has 4 rings (SSSR count). The van der Waals surface area contributed by atoms with Crippen molar-refractivity contribution in [2.45, 2.75) is 0 Å². The topological polar surface area (TPSA) is 84.8 Å². The van der Waals surface area contributed by atoms with Gasteiger partial charge in [0.2, 0.25) is 0 Å². The number of allylic oxidation sites excluding steroid dienone is 1. The Kier molecular flexibility index (Phi) is 4.24. The molecule has 6 nitrogen and oxygen atoms in total. The number of benzene rings is 2.